The van der Waals surface area contributed by atoms with Crippen molar-refractivity contribution in [2.75, 3.05) is 7.05 Å². The molecule has 2 nitrogen and oxygen atoms in total. The largest absolute Gasteiger partial charge is 0.383 e. The van der Waals surface area contributed by atoms with Gasteiger partial charge in [-0.3, -0.25) is 4.57 Å². The summed E-state index contributed by atoms with van der Waals surface area (Å²) in [5, 5.41) is 0. The quantitative estimate of drug-likeness (QED) is 0.474. The van der Waals surface area contributed by atoms with Crippen LogP contribution >= 0.6 is 11.1 Å². The van der Waals surface area contributed by atoms with Gasteiger partial charge in [-0.1, -0.05) is 42.5 Å². The second-order valence-electron chi connectivity index (χ2n) is 4.76. The maximum Gasteiger partial charge on any atom is 0.377 e. The summed E-state index contributed by atoms with van der Waals surface area (Å²) in [5.74, 6) is 0. The van der Waals surface area contributed by atoms with E-state index in [1.807, 2.05) is 31.2 Å². The van der Waals surface area contributed by atoms with Gasteiger partial charge in [-0.15, -0.1) is 11.1 Å². The molecule has 0 aromatic heterocycles. The van der Waals surface area contributed by atoms with Crippen LogP contribution in [-0.4, -0.2) is 25.4 Å². The highest BCUT2D eigenvalue weighted by molar-refractivity contribution is 7.15. The topological polar surface area (TPSA) is 12.5 Å². The molecule has 1 heterocycles. The predicted octanol–water partition coefficient (Wildman–Crippen LogP) is 3.83. The molecule has 0 spiro atoms. The summed E-state index contributed by atoms with van der Waals surface area (Å²) >= 11 is 6.73. The number of hydrogen-bond donors (Lipinski definition) is 0. The van der Waals surface area contributed by atoms with Crippen LogP contribution in [0.5, 0.6) is 0 Å². The Bertz CT molecular complexity index is 425. The molecule has 1 aliphatic heterocycles. The van der Waals surface area contributed by atoms with Crippen molar-refractivity contribution in [2.24, 2.45) is 0 Å². The summed E-state index contributed by atoms with van der Waals surface area (Å²) in [4.78, 5) is 0. The minimum Gasteiger partial charge on any atom is -0.383 e. The number of rotatable bonds is 3. The minimum atomic E-state index is -2.30. The summed E-state index contributed by atoms with van der Waals surface area (Å²) in [6.45, 7) is 4.20. The first-order valence-corrected chi connectivity index (χ1v) is 9.41. The van der Waals surface area contributed by atoms with E-state index in [1.54, 1.807) is 0 Å². The Morgan fingerprint density at radius 2 is 2.06 bits per heavy atom. The average Bonchev–Trinajstić information content (AvgIpc) is 2.63. The first kappa shape index (κ1) is 13.8. The van der Waals surface area contributed by atoms with Crippen molar-refractivity contribution in [1.29, 1.82) is 0 Å². The fourth-order valence-electron chi connectivity index (χ4n) is 2.33. The van der Waals surface area contributed by atoms with Crippen LogP contribution < -0.4 is 0 Å². The molecular weight excluding hydrogens is 262 g/mol. The second-order valence-corrected chi connectivity index (χ2v) is 9.26. The SMILES string of the molecule is CC=CC[Si]1(Cl)O[C@H](c2ccccc2)[C@H](C)N1C. The van der Waals surface area contributed by atoms with E-state index in [9.17, 15) is 0 Å². The lowest BCUT2D eigenvalue weighted by Gasteiger charge is -2.25. The lowest BCUT2D eigenvalue weighted by atomic mass is 10.0. The lowest BCUT2D eigenvalue weighted by molar-refractivity contribution is 0.207. The standard InChI is InChI=1S/C14H20ClNOSi/c1-4-5-11-18(15)16(3)12(2)14(17-18)13-9-7-6-8-10-13/h4-10,12,14H,11H2,1-3H3/t12-,14-,18?/m0/s1. The highest BCUT2D eigenvalue weighted by Crippen LogP contribution is 2.41. The third-order valence-electron chi connectivity index (χ3n) is 3.62. The normalized spacial score (nSPS) is 33.3. The minimum absolute atomic E-state index is 0.0885. The van der Waals surface area contributed by atoms with Crippen LogP contribution in [0.3, 0.4) is 0 Å². The molecule has 0 radical (unpaired) electrons. The molecule has 1 aromatic rings. The third kappa shape index (κ3) is 2.54. The van der Waals surface area contributed by atoms with Crippen molar-refractivity contribution >= 4 is 18.9 Å². The van der Waals surface area contributed by atoms with Crippen LogP contribution in [0.25, 0.3) is 0 Å². The molecule has 3 atom stereocenters. The maximum absolute atomic E-state index is 6.73. The van der Waals surface area contributed by atoms with Crippen LogP contribution in [0, 0.1) is 0 Å². The molecule has 1 saturated heterocycles. The molecule has 0 saturated carbocycles. The maximum atomic E-state index is 6.73. The van der Waals surface area contributed by atoms with Crippen molar-refractivity contribution in [2.45, 2.75) is 32.0 Å². The van der Waals surface area contributed by atoms with Crippen molar-refractivity contribution in [1.82, 2.24) is 4.57 Å². The Balaban J connectivity index is 2.22. The van der Waals surface area contributed by atoms with Gasteiger partial charge in [0.1, 0.15) is 0 Å². The van der Waals surface area contributed by atoms with Crippen molar-refractivity contribution in [3.63, 3.8) is 0 Å². The first-order valence-electron chi connectivity index (χ1n) is 6.34. The van der Waals surface area contributed by atoms with E-state index in [4.69, 9.17) is 15.5 Å². The second kappa shape index (κ2) is 5.57. The highest BCUT2D eigenvalue weighted by atomic mass is 35.6. The number of halogens is 1. The monoisotopic (exact) mass is 281 g/mol. The fourth-order valence-corrected chi connectivity index (χ4v) is 5.89. The molecule has 1 aliphatic rings. The van der Waals surface area contributed by atoms with Crippen molar-refractivity contribution < 1.29 is 4.43 Å². The van der Waals surface area contributed by atoms with Gasteiger partial charge in [-0.25, -0.2) is 0 Å². The third-order valence-corrected chi connectivity index (χ3v) is 7.96. The van der Waals surface area contributed by atoms with E-state index in [-0.39, 0.29) is 6.10 Å². The molecule has 1 unspecified atom stereocenters. The molecule has 98 valence electrons. The van der Waals surface area contributed by atoms with E-state index in [0.29, 0.717) is 6.04 Å². The molecule has 1 fully saturated rings. The molecule has 0 bridgehead atoms. The van der Waals surface area contributed by atoms with Gasteiger partial charge in [0, 0.05) is 12.1 Å². The molecule has 4 heteroatoms. The number of hydrogen-bond acceptors (Lipinski definition) is 2. The molecule has 1 aromatic carbocycles. The Hall–Kier alpha value is -0.613. The van der Waals surface area contributed by atoms with Gasteiger partial charge in [0.2, 0.25) is 0 Å². The van der Waals surface area contributed by atoms with E-state index < -0.39 is 7.79 Å². The van der Waals surface area contributed by atoms with Gasteiger partial charge in [-0.05, 0) is 26.5 Å². The zero-order valence-electron chi connectivity index (χ0n) is 11.1. The van der Waals surface area contributed by atoms with Crippen LogP contribution in [0.4, 0.5) is 0 Å². The van der Waals surface area contributed by atoms with Gasteiger partial charge >= 0.3 is 7.79 Å². The Morgan fingerprint density at radius 1 is 1.39 bits per heavy atom. The van der Waals surface area contributed by atoms with E-state index in [2.05, 4.69) is 36.7 Å². The Labute approximate surface area is 115 Å². The van der Waals surface area contributed by atoms with Crippen LogP contribution in [0.2, 0.25) is 6.04 Å². The van der Waals surface area contributed by atoms with Crippen LogP contribution in [-0.2, 0) is 4.43 Å². The van der Waals surface area contributed by atoms with Gasteiger partial charge in [0.15, 0.2) is 0 Å². The molecule has 0 aliphatic carbocycles. The van der Waals surface area contributed by atoms with Crippen molar-refractivity contribution in [3.05, 3.63) is 48.0 Å². The fraction of sp³-hybridized carbons (Fsp3) is 0.429. The number of nitrogens with zero attached hydrogens (tertiary/aromatic N) is 1. The highest BCUT2D eigenvalue weighted by Gasteiger charge is 2.51. The molecule has 0 amide bonds. The predicted molar refractivity (Wildman–Crippen MR) is 78.7 cm³/mol. The average molecular weight is 282 g/mol. The van der Waals surface area contributed by atoms with E-state index in [0.717, 1.165) is 6.04 Å². The number of likely N-dealkylation sites (N-methyl/N-ethyl adjacent to an activating group) is 1. The van der Waals surface area contributed by atoms with Gasteiger partial charge in [-0.2, -0.15) is 0 Å². The summed E-state index contributed by atoms with van der Waals surface area (Å²) in [7, 11) is -0.221. The van der Waals surface area contributed by atoms with Crippen molar-refractivity contribution in [3.8, 4) is 0 Å². The zero-order chi connectivity index (χ0) is 13.2. The summed E-state index contributed by atoms with van der Waals surface area (Å²) in [5.41, 5.74) is 1.22. The lowest BCUT2D eigenvalue weighted by Crippen LogP contribution is -2.44. The zero-order valence-corrected chi connectivity index (χ0v) is 12.9. The summed E-state index contributed by atoms with van der Waals surface area (Å²) in [6, 6.07) is 11.5. The molecule has 0 N–H and O–H groups in total. The Kier molecular flexibility index (Phi) is 4.28. The molecule has 18 heavy (non-hydrogen) atoms. The van der Waals surface area contributed by atoms with E-state index >= 15 is 0 Å². The van der Waals surface area contributed by atoms with Gasteiger partial charge in [0.25, 0.3) is 0 Å². The van der Waals surface area contributed by atoms with Gasteiger partial charge in [0.05, 0.1) is 6.10 Å². The number of benzene rings is 1. The smallest absolute Gasteiger partial charge is 0.377 e. The molecule has 2 rings (SSSR count). The summed E-state index contributed by atoms with van der Waals surface area (Å²) in [6.07, 6.45) is 4.23. The summed E-state index contributed by atoms with van der Waals surface area (Å²) < 4.78 is 8.48. The van der Waals surface area contributed by atoms with E-state index in [1.165, 1.54) is 5.56 Å². The Morgan fingerprint density at radius 3 is 2.67 bits per heavy atom. The van der Waals surface area contributed by atoms with Crippen LogP contribution in [0.1, 0.15) is 25.5 Å². The van der Waals surface area contributed by atoms with Gasteiger partial charge < -0.3 is 4.43 Å². The number of allylic oxidation sites excluding steroid dienone is 2. The first-order chi connectivity index (χ1) is 8.58. The van der Waals surface area contributed by atoms with Crippen LogP contribution in [0.15, 0.2) is 42.5 Å². The molecular formula is C14H20ClNOSi.